The summed E-state index contributed by atoms with van der Waals surface area (Å²) in [5.74, 6) is 0.137. The van der Waals surface area contributed by atoms with Crippen molar-refractivity contribution in [2.24, 2.45) is 5.92 Å². The van der Waals surface area contributed by atoms with Crippen LogP contribution in [0.4, 0.5) is 0 Å². The highest BCUT2D eigenvalue weighted by molar-refractivity contribution is 5.88. The minimum Gasteiger partial charge on any atom is -0.492 e. The predicted molar refractivity (Wildman–Crippen MR) is 81.4 cm³/mol. The van der Waals surface area contributed by atoms with E-state index < -0.39 is 5.97 Å². The molecule has 3 rings (SSSR count). The highest BCUT2D eigenvalue weighted by atomic mass is 16.5. The van der Waals surface area contributed by atoms with E-state index in [1.807, 2.05) is 24.3 Å². The molecule has 2 aromatic rings. The fraction of sp³-hybridized carbons (Fsp3) is 0.294. The Morgan fingerprint density at radius 3 is 2.87 bits per heavy atom. The zero-order valence-electron chi connectivity index (χ0n) is 12.7. The van der Waals surface area contributed by atoms with E-state index in [-0.39, 0.29) is 23.9 Å². The average Bonchev–Trinajstić information content (AvgIpc) is 2.93. The van der Waals surface area contributed by atoms with Crippen molar-refractivity contribution < 1.29 is 23.8 Å². The van der Waals surface area contributed by atoms with Gasteiger partial charge >= 0.3 is 5.97 Å². The molecule has 2 N–H and O–H groups in total. The van der Waals surface area contributed by atoms with Crippen molar-refractivity contribution in [2.75, 3.05) is 6.61 Å². The molecule has 0 radical (unpaired) electrons. The van der Waals surface area contributed by atoms with Crippen LogP contribution in [0.1, 0.15) is 27.4 Å². The first-order chi connectivity index (χ1) is 11.0. The Morgan fingerprint density at radius 1 is 1.35 bits per heavy atom. The van der Waals surface area contributed by atoms with Gasteiger partial charge in [0.15, 0.2) is 0 Å². The zero-order chi connectivity index (χ0) is 16.4. The molecule has 6 heteroatoms. The zero-order valence-corrected chi connectivity index (χ0v) is 12.7. The molecule has 1 aliphatic rings. The molecule has 0 saturated carbocycles. The summed E-state index contributed by atoms with van der Waals surface area (Å²) in [6, 6.07) is 9.09. The number of aryl methyl sites for hydroxylation is 1. The molecule has 0 aliphatic carbocycles. The smallest absolute Gasteiger partial charge is 0.339 e. The number of carboxylic acids is 1. The van der Waals surface area contributed by atoms with Gasteiger partial charge in [-0.25, -0.2) is 4.79 Å². The maximum absolute atomic E-state index is 12.3. The molecule has 0 unspecified atom stereocenters. The molecule has 0 bridgehead atoms. The van der Waals surface area contributed by atoms with Crippen LogP contribution in [-0.2, 0) is 17.8 Å². The second-order valence-electron chi connectivity index (χ2n) is 5.53. The SMILES string of the molecule is Cc1oc(CNC(=O)[C@@H]2COc3ccccc3C2)cc1C(=O)O. The van der Waals surface area contributed by atoms with Crippen LogP contribution < -0.4 is 10.1 Å². The standard InChI is InChI=1S/C17H17NO5/c1-10-14(17(20)21)7-13(23-10)8-18-16(19)12-6-11-4-2-3-5-15(11)22-9-12/h2-5,7,12H,6,8-9H2,1H3,(H,18,19)(H,20,21)/t12-/m0/s1. The lowest BCUT2D eigenvalue weighted by molar-refractivity contribution is -0.126. The lowest BCUT2D eigenvalue weighted by atomic mass is 9.96. The number of nitrogens with one attached hydrogen (secondary N) is 1. The molecule has 1 aromatic heterocycles. The normalized spacial score (nSPS) is 16.3. The first-order valence-electron chi connectivity index (χ1n) is 7.35. The molecule has 6 nitrogen and oxygen atoms in total. The number of carbonyl (C=O) groups excluding carboxylic acids is 1. The third kappa shape index (κ3) is 3.21. The van der Waals surface area contributed by atoms with Gasteiger partial charge in [0.25, 0.3) is 0 Å². The van der Waals surface area contributed by atoms with Gasteiger partial charge in [-0.1, -0.05) is 18.2 Å². The van der Waals surface area contributed by atoms with Gasteiger partial charge in [-0.2, -0.15) is 0 Å². The summed E-state index contributed by atoms with van der Waals surface area (Å²) in [6.45, 7) is 2.08. The molecule has 1 amide bonds. The Labute approximate surface area is 133 Å². The van der Waals surface area contributed by atoms with E-state index in [0.29, 0.717) is 24.5 Å². The first kappa shape index (κ1) is 15.1. The number of para-hydroxylation sites is 1. The highest BCUT2D eigenvalue weighted by Crippen LogP contribution is 2.26. The molecule has 1 aliphatic heterocycles. The van der Waals surface area contributed by atoms with Crippen molar-refractivity contribution in [1.29, 1.82) is 0 Å². The number of ether oxygens (including phenoxy) is 1. The molecule has 120 valence electrons. The summed E-state index contributed by atoms with van der Waals surface area (Å²) < 4.78 is 10.9. The molecular formula is C17H17NO5. The molecule has 0 spiro atoms. The van der Waals surface area contributed by atoms with Crippen LogP contribution in [0.2, 0.25) is 0 Å². The van der Waals surface area contributed by atoms with Gasteiger partial charge in [0, 0.05) is 0 Å². The van der Waals surface area contributed by atoms with Gasteiger partial charge in [0.2, 0.25) is 5.91 Å². The highest BCUT2D eigenvalue weighted by Gasteiger charge is 2.26. The molecule has 23 heavy (non-hydrogen) atoms. The number of benzene rings is 1. The van der Waals surface area contributed by atoms with E-state index in [9.17, 15) is 9.59 Å². The third-order valence-corrected chi connectivity index (χ3v) is 3.89. The largest absolute Gasteiger partial charge is 0.492 e. The summed E-state index contributed by atoms with van der Waals surface area (Å²) >= 11 is 0. The number of carbonyl (C=O) groups is 2. The number of carboxylic acid groups (broad SMARTS) is 1. The summed E-state index contributed by atoms with van der Waals surface area (Å²) in [5, 5.41) is 11.8. The summed E-state index contributed by atoms with van der Waals surface area (Å²) in [4.78, 5) is 23.2. The fourth-order valence-corrected chi connectivity index (χ4v) is 2.66. The molecule has 0 fully saturated rings. The van der Waals surface area contributed by atoms with Gasteiger partial charge in [0.05, 0.1) is 12.5 Å². The number of fused-ring (bicyclic) bond motifs is 1. The second-order valence-corrected chi connectivity index (χ2v) is 5.53. The Morgan fingerprint density at radius 2 is 2.13 bits per heavy atom. The van der Waals surface area contributed by atoms with Crippen molar-refractivity contribution in [3.63, 3.8) is 0 Å². The molecule has 2 heterocycles. The molecule has 1 atom stereocenters. The van der Waals surface area contributed by atoms with Gasteiger partial charge in [-0.3, -0.25) is 4.79 Å². The van der Waals surface area contributed by atoms with E-state index in [0.717, 1.165) is 11.3 Å². The van der Waals surface area contributed by atoms with Crippen LogP contribution in [0.15, 0.2) is 34.7 Å². The fourth-order valence-electron chi connectivity index (χ4n) is 2.66. The van der Waals surface area contributed by atoms with Crippen molar-refractivity contribution in [1.82, 2.24) is 5.32 Å². The Bertz CT molecular complexity index is 749. The number of furan rings is 1. The second kappa shape index (κ2) is 6.16. The number of hydrogen-bond acceptors (Lipinski definition) is 4. The summed E-state index contributed by atoms with van der Waals surface area (Å²) in [7, 11) is 0. The van der Waals surface area contributed by atoms with Crippen LogP contribution >= 0.6 is 0 Å². The van der Waals surface area contributed by atoms with Crippen LogP contribution in [0.25, 0.3) is 0 Å². The van der Waals surface area contributed by atoms with Crippen molar-refractivity contribution in [3.05, 3.63) is 53.0 Å². The van der Waals surface area contributed by atoms with Gasteiger partial charge in [0.1, 0.15) is 29.4 Å². The Kier molecular flexibility index (Phi) is 4.06. The topological polar surface area (TPSA) is 88.8 Å². The minimum atomic E-state index is -1.04. The first-order valence-corrected chi connectivity index (χ1v) is 7.35. The number of aromatic carboxylic acids is 1. The van der Waals surface area contributed by atoms with Crippen LogP contribution in [0.5, 0.6) is 5.75 Å². The van der Waals surface area contributed by atoms with Crippen LogP contribution in [0.3, 0.4) is 0 Å². The van der Waals surface area contributed by atoms with Crippen molar-refractivity contribution in [3.8, 4) is 5.75 Å². The third-order valence-electron chi connectivity index (χ3n) is 3.89. The maximum Gasteiger partial charge on any atom is 0.339 e. The average molecular weight is 315 g/mol. The molecule has 0 saturated heterocycles. The Balaban J connectivity index is 1.60. The number of amides is 1. The van der Waals surface area contributed by atoms with Gasteiger partial charge in [-0.15, -0.1) is 0 Å². The number of rotatable bonds is 4. The van der Waals surface area contributed by atoms with Gasteiger partial charge in [-0.05, 0) is 31.0 Å². The quantitative estimate of drug-likeness (QED) is 0.902. The molecular weight excluding hydrogens is 298 g/mol. The van der Waals surface area contributed by atoms with E-state index in [1.54, 1.807) is 6.92 Å². The molecule has 1 aromatic carbocycles. The van der Waals surface area contributed by atoms with Crippen molar-refractivity contribution >= 4 is 11.9 Å². The van der Waals surface area contributed by atoms with Crippen LogP contribution in [-0.4, -0.2) is 23.6 Å². The predicted octanol–water partition coefficient (Wildman–Crippen LogP) is 2.15. The maximum atomic E-state index is 12.3. The van der Waals surface area contributed by atoms with Gasteiger partial charge < -0.3 is 19.6 Å². The minimum absolute atomic E-state index is 0.115. The Hall–Kier alpha value is -2.76. The van der Waals surface area contributed by atoms with Crippen molar-refractivity contribution in [2.45, 2.75) is 19.9 Å². The van der Waals surface area contributed by atoms with E-state index in [4.69, 9.17) is 14.3 Å². The summed E-state index contributed by atoms with van der Waals surface area (Å²) in [6.07, 6.45) is 0.625. The summed E-state index contributed by atoms with van der Waals surface area (Å²) in [5.41, 5.74) is 1.13. The van der Waals surface area contributed by atoms with E-state index >= 15 is 0 Å². The monoisotopic (exact) mass is 315 g/mol. The van der Waals surface area contributed by atoms with E-state index in [1.165, 1.54) is 6.07 Å². The van der Waals surface area contributed by atoms with E-state index in [2.05, 4.69) is 5.32 Å². The number of hydrogen-bond donors (Lipinski definition) is 2. The lowest BCUT2D eigenvalue weighted by Crippen LogP contribution is -2.36. The lowest BCUT2D eigenvalue weighted by Gasteiger charge is -2.24. The van der Waals surface area contributed by atoms with Crippen LogP contribution in [0, 0.1) is 12.8 Å².